The van der Waals surface area contributed by atoms with Crippen LogP contribution >= 0.6 is 0 Å². The SMILES string of the molecule is COc1cccc(CC#Cc2ccc3[nH]cc(Cc4ccc(C(=O)O)cc4)c(=O)c3c2)c1. The first kappa shape index (κ1) is 21.0. The summed E-state index contributed by atoms with van der Waals surface area (Å²) in [5, 5.41) is 9.61. The van der Waals surface area contributed by atoms with E-state index >= 15 is 0 Å². The Morgan fingerprint density at radius 1 is 1.03 bits per heavy atom. The molecule has 0 aliphatic carbocycles. The number of ether oxygens (including phenoxy) is 1. The van der Waals surface area contributed by atoms with Crippen LogP contribution in [-0.4, -0.2) is 23.2 Å². The maximum atomic E-state index is 13.0. The van der Waals surface area contributed by atoms with Crippen molar-refractivity contribution in [2.24, 2.45) is 0 Å². The van der Waals surface area contributed by atoms with Gasteiger partial charge in [0.15, 0.2) is 5.43 Å². The second-order valence-corrected chi connectivity index (χ2v) is 7.41. The van der Waals surface area contributed by atoms with E-state index in [2.05, 4.69) is 16.8 Å². The molecule has 0 spiro atoms. The quantitative estimate of drug-likeness (QED) is 0.466. The monoisotopic (exact) mass is 423 g/mol. The van der Waals surface area contributed by atoms with Gasteiger partial charge in [-0.1, -0.05) is 36.1 Å². The number of H-pyrrole nitrogens is 1. The van der Waals surface area contributed by atoms with Crippen molar-refractivity contribution in [1.82, 2.24) is 4.98 Å². The fourth-order valence-electron chi connectivity index (χ4n) is 3.49. The highest BCUT2D eigenvalue weighted by Crippen LogP contribution is 2.15. The van der Waals surface area contributed by atoms with Crippen LogP contribution in [0, 0.1) is 11.8 Å². The summed E-state index contributed by atoms with van der Waals surface area (Å²) in [6.07, 6.45) is 2.71. The molecule has 0 saturated carbocycles. The van der Waals surface area contributed by atoms with Gasteiger partial charge in [-0.3, -0.25) is 4.79 Å². The first-order valence-corrected chi connectivity index (χ1v) is 10.1. The molecule has 0 fully saturated rings. The van der Waals surface area contributed by atoms with Gasteiger partial charge in [-0.05, 0) is 53.6 Å². The van der Waals surface area contributed by atoms with E-state index in [1.54, 1.807) is 37.6 Å². The number of benzene rings is 3. The summed E-state index contributed by atoms with van der Waals surface area (Å²) in [4.78, 5) is 27.2. The minimum atomic E-state index is -0.972. The third kappa shape index (κ3) is 4.71. The molecule has 0 bridgehead atoms. The highest BCUT2D eigenvalue weighted by molar-refractivity contribution is 5.87. The summed E-state index contributed by atoms with van der Waals surface area (Å²) in [5.74, 6) is 6.12. The van der Waals surface area contributed by atoms with Gasteiger partial charge < -0.3 is 14.8 Å². The standard InChI is InChI=1S/C27H21NO4/c1-32-23-7-3-6-18(15-23)4-2-5-19-10-13-25-24(16-19)26(29)22(17-28-25)14-20-8-11-21(12-9-20)27(30)31/h3,6-13,15-17H,4,14H2,1H3,(H,28,29)(H,30,31). The summed E-state index contributed by atoms with van der Waals surface area (Å²) in [5.41, 5.74) is 4.23. The first-order valence-electron chi connectivity index (χ1n) is 10.1. The third-order valence-electron chi connectivity index (χ3n) is 5.21. The van der Waals surface area contributed by atoms with Gasteiger partial charge in [0.1, 0.15) is 5.75 Å². The predicted molar refractivity (Wildman–Crippen MR) is 124 cm³/mol. The lowest BCUT2D eigenvalue weighted by atomic mass is 10.0. The lowest BCUT2D eigenvalue weighted by Gasteiger charge is -2.05. The number of fused-ring (bicyclic) bond motifs is 1. The van der Waals surface area contributed by atoms with Gasteiger partial charge in [0.25, 0.3) is 0 Å². The van der Waals surface area contributed by atoms with Crippen LogP contribution in [0.1, 0.15) is 32.6 Å². The molecule has 158 valence electrons. The van der Waals surface area contributed by atoms with Crippen molar-refractivity contribution in [3.05, 3.63) is 111 Å². The van der Waals surface area contributed by atoms with Gasteiger partial charge >= 0.3 is 5.97 Å². The van der Waals surface area contributed by atoms with Gasteiger partial charge in [-0.15, -0.1) is 0 Å². The molecule has 5 nitrogen and oxygen atoms in total. The lowest BCUT2D eigenvalue weighted by Crippen LogP contribution is -2.11. The van der Waals surface area contributed by atoms with Crippen LogP contribution in [0.5, 0.6) is 5.75 Å². The third-order valence-corrected chi connectivity index (χ3v) is 5.21. The zero-order valence-electron chi connectivity index (χ0n) is 17.5. The average molecular weight is 423 g/mol. The maximum absolute atomic E-state index is 13.0. The van der Waals surface area contributed by atoms with Crippen LogP contribution in [0.15, 0.2) is 77.7 Å². The van der Waals surface area contributed by atoms with Crippen LogP contribution < -0.4 is 10.2 Å². The van der Waals surface area contributed by atoms with Crippen molar-refractivity contribution in [1.29, 1.82) is 0 Å². The first-order chi connectivity index (χ1) is 15.5. The zero-order valence-corrected chi connectivity index (χ0v) is 17.5. The number of carboxylic acid groups (broad SMARTS) is 1. The van der Waals surface area contributed by atoms with Crippen molar-refractivity contribution in [3.63, 3.8) is 0 Å². The lowest BCUT2D eigenvalue weighted by molar-refractivity contribution is 0.0697. The Labute approximate surface area is 185 Å². The minimum absolute atomic E-state index is 0.0579. The second-order valence-electron chi connectivity index (χ2n) is 7.41. The Bertz CT molecular complexity index is 1410. The van der Waals surface area contributed by atoms with E-state index < -0.39 is 5.97 Å². The maximum Gasteiger partial charge on any atom is 0.335 e. The molecule has 0 aliphatic rings. The Morgan fingerprint density at radius 3 is 2.59 bits per heavy atom. The molecule has 0 unspecified atom stereocenters. The number of nitrogens with one attached hydrogen (secondary N) is 1. The topological polar surface area (TPSA) is 79.4 Å². The molecule has 0 radical (unpaired) electrons. The Balaban J connectivity index is 1.57. The summed E-state index contributed by atoms with van der Waals surface area (Å²) in [6, 6.07) is 19.9. The number of carboxylic acids is 1. The van der Waals surface area contributed by atoms with E-state index in [1.165, 1.54) is 0 Å². The summed E-state index contributed by atoms with van der Waals surface area (Å²) in [7, 11) is 1.64. The molecule has 3 aromatic carbocycles. The Morgan fingerprint density at radius 2 is 1.84 bits per heavy atom. The summed E-state index contributed by atoms with van der Waals surface area (Å²) in [6.45, 7) is 0. The Hall–Kier alpha value is -4.30. The number of methoxy groups -OCH3 is 1. The molecule has 4 rings (SSSR count). The fraction of sp³-hybridized carbons (Fsp3) is 0.111. The highest BCUT2D eigenvalue weighted by Gasteiger charge is 2.08. The van der Waals surface area contributed by atoms with Crippen LogP contribution in [-0.2, 0) is 12.8 Å². The molecule has 0 aliphatic heterocycles. The van der Waals surface area contributed by atoms with E-state index in [0.717, 1.165) is 28.0 Å². The van der Waals surface area contributed by atoms with E-state index in [1.807, 2.05) is 42.5 Å². The van der Waals surface area contributed by atoms with Gasteiger partial charge in [0, 0.05) is 41.1 Å². The van der Waals surface area contributed by atoms with Crippen molar-refractivity contribution in [2.75, 3.05) is 7.11 Å². The summed E-state index contributed by atoms with van der Waals surface area (Å²) < 4.78 is 5.24. The minimum Gasteiger partial charge on any atom is -0.497 e. The number of aromatic nitrogens is 1. The van der Waals surface area contributed by atoms with Crippen molar-refractivity contribution in [2.45, 2.75) is 12.8 Å². The van der Waals surface area contributed by atoms with Crippen LogP contribution in [0.25, 0.3) is 10.9 Å². The number of hydrogen-bond acceptors (Lipinski definition) is 3. The van der Waals surface area contributed by atoms with Crippen molar-refractivity contribution >= 4 is 16.9 Å². The molecule has 1 aromatic heterocycles. The van der Waals surface area contributed by atoms with Gasteiger partial charge in [-0.25, -0.2) is 4.79 Å². The molecule has 5 heteroatoms. The largest absolute Gasteiger partial charge is 0.497 e. The van der Waals surface area contributed by atoms with Crippen molar-refractivity contribution in [3.8, 4) is 17.6 Å². The molecule has 32 heavy (non-hydrogen) atoms. The average Bonchev–Trinajstić information content (AvgIpc) is 2.81. The van der Waals surface area contributed by atoms with Crippen LogP contribution in [0.4, 0.5) is 0 Å². The molecular formula is C27H21NO4. The van der Waals surface area contributed by atoms with Crippen LogP contribution in [0.2, 0.25) is 0 Å². The number of carbonyl (C=O) groups is 1. The molecule has 2 N–H and O–H groups in total. The number of hydrogen-bond donors (Lipinski definition) is 2. The molecule has 0 atom stereocenters. The molecule has 0 saturated heterocycles. The van der Waals surface area contributed by atoms with E-state index in [9.17, 15) is 9.59 Å². The van der Waals surface area contributed by atoms with Gasteiger partial charge in [0.2, 0.25) is 0 Å². The van der Waals surface area contributed by atoms with Crippen molar-refractivity contribution < 1.29 is 14.6 Å². The predicted octanol–water partition coefficient (Wildman–Crippen LogP) is 4.42. The van der Waals surface area contributed by atoms with Gasteiger partial charge in [0.05, 0.1) is 12.7 Å². The molecule has 4 aromatic rings. The summed E-state index contributed by atoms with van der Waals surface area (Å²) >= 11 is 0. The number of rotatable bonds is 5. The second kappa shape index (κ2) is 9.23. The van der Waals surface area contributed by atoms with E-state index in [0.29, 0.717) is 23.8 Å². The fourth-order valence-corrected chi connectivity index (χ4v) is 3.49. The molecule has 0 amide bonds. The highest BCUT2D eigenvalue weighted by atomic mass is 16.5. The number of aromatic amines is 1. The van der Waals surface area contributed by atoms with E-state index in [-0.39, 0.29) is 11.0 Å². The normalized spacial score (nSPS) is 10.4. The number of aromatic carboxylic acids is 1. The van der Waals surface area contributed by atoms with Crippen LogP contribution in [0.3, 0.4) is 0 Å². The molecular weight excluding hydrogens is 402 g/mol. The Kier molecular flexibility index (Phi) is 6.05. The zero-order chi connectivity index (χ0) is 22.5. The number of pyridine rings is 1. The smallest absolute Gasteiger partial charge is 0.335 e. The van der Waals surface area contributed by atoms with Gasteiger partial charge in [-0.2, -0.15) is 0 Å². The molecule has 1 heterocycles. The van der Waals surface area contributed by atoms with E-state index in [4.69, 9.17) is 9.84 Å².